The molecule has 3 rings (SSSR count). The van der Waals surface area contributed by atoms with Crippen LogP contribution in [0.25, 0.3) is 0 Å². The fourth-order valence-electron chi connectivity index (χ4n) is 2.08. The molecular formula is C14H14N2OS2. The van der Waals surface area contributed by atoms with Crippen molar-refractivity contribution >= 4 is 28.6 Å². The van der Waals surface area contributed by atoms with Gasteiger partial charge in [0.25, 0.3) is 0 Å². The summed E-state index contributed by atoms with van der Waals surface area (Å²) >= 11 is 3.17. The van der Waals surface area contributed by atoms with Crippen LogP contribution in [-0.2, 0) is 6.54 Å². The Kier molecular flexibility index (Phi) is 3.66. The third kappa shape index (κ3) is 2.87. The molecule has 0 amide bonds. The molecule has 2 aromatic rings. The maximum Gasteiger partial charge on any atom is 0.219 e. The van der Waals surface area contributed by atoms with Gasteiger partial charge < -0.3 is 4.57 Å². The number of hydrogen-bond acceptors (Lipinski definition) is 4. The molecule has 19 heavy (non-hydrogen) atoms. The van der Waals surface area contributed by atoms with Crippen LogP contribution in [0.15, 0.2) is 41.7 Å². The van der Waals surface area contributed by atoms with Crippen LogP contribution >= 0.6 is 23.5 Å². The summed E-state index contributed by atoms with van der Waals surface area (Å²) in [6.07, 6.45) is 2.06. The predicted molar refractivity (Wildman–Crippen MR) is 79.8 cm³/mol. The number of nitrogens with zero attached hydrogens (tertiary/aromatic N) is 2. The van der Waals surface area contributed by atoms with E-state index in [-0.39, 0.29) is 5.12 Å². The highest BCUT2D eigenvalue weighted by molar-refractivity contribution is 8.15. The third-order valence-electron chi connectivity index (χ3n) is 2.94. The Bertz CT molecular complexity index is 595. The first kappa shape index (κ1) is 12.8. The molecule has 1 aliphatic rings. The molecule has 0 saturated heterocycles. The summed E-state index contributed by atoms with van der Waals surface area (Å²) < 4.78 is 2.15. The lowest BCUT2D eigenvalue weighted by molar-refractivity contribution is 0.108. The first-order valence-electron chi connectivity index (χ1n) is 6.15. The van der Waals surface area contributed by atoms with Gasteiger partial charge in [-0.3, -0.25) is 4.79 Å². The van der Waals surface area contributed by atoms with E-state index >= 15 is 0 Å². The second-order valence-electron chi connectivity index (χ2n) is 4.52. The highest BCUT2D eigenvalue weighted by atomic mass is 32.2. The fourth-order valence-corrected chi connectivity index (χ4v) is 4.30. The smallest absolute Gasteiger partial charge is 0.219 e. The number of rotatable bonds is 2. The highest BCUT2D eigenvalue weighted by Crippen LogP contribution is 2.31. The number of carbonyl (C=O) groups excluding carboxylic acids is 1. The van der Waals surface area contributed by atoms with E-state index in [4.69, 9.17) is 0 Å². The van der Waals surface area contributed by atoms with Gasteiger partial charge in [0.2, 0.25) is 5.12 Å². The van der Waals surface area contributed by atoms with Crippen LogP contribution in [0, 0.1) is 6.92 Å². The minimum absolute atomic E-state index is 0.159. The van der Waals surface area contributed by atoms with E-state index in [9.17, 15) is 4.79 Å². The lowest BCUT2D eigenvalue weighted by Gasteiger charge is -2.21. The molecule has 5 heteroatoms. The molecule has 0 bridgehead atoms. The van der Waals surface area contributed by atoms with Gasteiger partial charge in [0.15, 0.2) is 5.16 Å². The topological polar surface area (TPSA) is 34.9 Å². The highest BCUT2D eigenvalue weighted by Gasteiger charge is 2.23. The SMILES string of the molecule is Cc1cn2c(n1)SCC(SC(=O)c1ccccc1)C2. The van der Waals surface area contributed by atoms with Gasteiger partial charge in [-0.2, -0.15) is 0 Å². The molecule has 0 fully saturated rings. The van der Waals surface area contributed by atoms with E-state index in [1.165, 1.54) is 11.8 Å². The van der Waals surface area contributed by atoms with Crippen molar-refractivity contribution in [3.8, 4) is 0 Å². The molecule has 3 nitrogen and oxygen atoms in total. The molecule has 0 aliphatic carbocycles. The number of thioether (sulfide) groups is 2. The molecule has 1 aliphatic heterocycles. The largest absolute Gasteiger partial charge is 0.325 e. The van der Waals surface area contributed by atoms with Crippen LogP contribution in [0.3, 0.4) is 0 Å². The number of carbonyl (C=O) groups is 1. The van der Waals surface area contributed by atoms with Crippen LogP contribution in [-0.4, -0.2) is 25.7 Å². The molecule has 98 valence electrons. The molecular weight excluding hydrogens is 276 g/mol. The molecule has 1 aromatic carbocycles. The Labute approximate surface area is 120 Å². The first-order valence-corrected chi connectivity index (χ1v) is 8.01. The molecule has 2 heterocycles. The van der Waals surface area contributed by atoms with Gasteiger partial charge in [0.05, 0.1) is 5.69 Å². The monoisotopic (exact) mass is 290 g/mol. The zero-order chi connectivity index (χ0) is 13.2. The van der Waals surface area contributed by atoms with Gasteiger partial charge in [-0.15, -0.1) is 0 Å². The molecule has 0 spiro atoms. The van der Waals surface area contributed by atoms with E-state index in [0.717, 1.165) is 28.7 Å². The second-order valence-corrected chi connectivity index (χ2v) is 6.78. The summed E-state index contributed by atoms with van der Waals surface area (Å²) in [5.74, 6) is 0.944. The summed E-state index contributed by atoms with van der Waals surface area (Å²) in [7, 11) is 0. The van der Waals surface area contributed by atoms with Gasteiger partial charge >= 0.3 is 0 Å². The molecule has 1 atom stereocenters. The van der Waals surface area contributed by atoms with Crippen molar-refractivity contribution in [2.75, 3.05) is 5.75 Å². The average molecular weight is 290 g/mol. The van der Waals surface area contributed by atoms with Gasteiger partial charge in [-0.05, 0) is 6.92 Å². The van der Waals surface area contributed by atoms with Gasteiger partial charge in [0, 0.05) is 29.3 Å². The Morgan fingerprint density at radius 2 is 2.21 bits per heavy atom. The molecule has 1 unspecified atom stereocenters. The normalized spacial score (nSPS) is 18.1. The minimum atomic E-state index is 0.159. The van der Waals surface area contributed by atoms with E-state index < -0.39 is 0 Å². The maximum atomic E-state index is 12.2. The summed E-state index contributed by atoms with van der Waals surface area (Å²) in [5.41, 5.74) is 1.83. The second kappa shape index (κ2) is 5.43. The van der Waals surface area contributed by atoms with Gasteiger partial charge in [0.1, 0.15) is 0 Å². The van der Waals surface area contributed by atoms with Gasteiger partial charge in [-0.1, -0.05) is 53.9 Å². The number of imidazole rings is 1. The summed E-state index contributed by atoms with van der Waals surface area (Å²) in [5, 5.41) is 1.55. The third-order valence-corrected chi connectivity index (χ3v) is 5.41. The number of hydrogen-bond donors (Lipinski definition) is 0. The van der Waals surface area contributed by atoms with Crippen LogP contribution in [0.1, 0.15) is 16.1 Å². The minimum Gasteiger partial charge on any atom is -0.325 e. The lowest BCUT2D eigenvalue weighted by atomic mass is 10.2. The van der Waals surface area contributed by atoms with Gasteiger partial charge in [-0.25, -0.2) is 4.98 Å². The van der Waals surface area contributed by atoms with E-state index in [1.54, 1.807) is 11.8 Å². The number of aromatic nitrogens is 2. The quantitative estimate of drug-likeness (QED) is 0.850. The van der Waals surface area contributed by atoms with Crippen LogP contribution in [0.2, 0.25) is 0 Å². The number of fused-ring (bicyclic) bond motifs is 1. The number of aryl methyl sites for hydroxylation is 1. The van der Waals surface area contributed by atoms with Crippen molar-refractivity contribution in [3.05, 3.63) is 47.8 Å². The lowest BCUT2D eigenvalue weighted by Crippen LogP contribution is -2.22. The van der Waals surface area contributed by atoms with Crippen molar-refractivity contribution in [3.63, 3.8) is 0 Å². The zero-order valence-electron chi connectivity index (χ0n) is 10.6. The molecule has 0 radical (unpaired) electrons. The Hall–Kier alpha value is -1.20. The maximum absolute atomic E-state index is 12.2. The van der Waals surface area contributed by atoms with Crippen molar-refractivity contribution in [2.24, 2.45) is 0 Å². The van der Waals surface area contributed by atoms with Crippen LogP contribution < -0.4 is 0 Å². The summed E-state index contributed by atoms with van der Waals surface area (Å²) in [6, 6.07) is 9.48. The summed E-state index contributed by atoms with van der Waals surface area (Å²) in [6.45, 7) is 2.87. The summed E-state index contributed by atoms with van der Waals surface area (Å²) in [4.78, 5) is 16.6. The first-order chi connectivity index (χ1) is 9.22. The Balaban J connectivity index is 1.68. The molecule has 0 N–H and O–H groups in total. The molecule has 0 saturated carbocycles. The van der Waals surface area contributed by atoms with Crippen LogP contribution in [0.5, 0.6) is 0 Å². The zero-order valence-corrected chi connectivity index (χ0v) is 12.2. The van der Waals surface area contributed by atoms with Crippen molar-refractivity contribution in [1.82, 2.24) is 9.55 Å². The van der Waals surface area contributed by atoms with E-state index in [1.807, 2.05) is 37.3 Å². The van der Waals surface area contributed by atoms with Crippen molar-refractivity contribution in [1.29, 1.82) is 0 Å². The van der Waals surface area contributed by atoms with Crippen molar-refractivity contribution in [2.45, 2.75) is 23.9 Å². The standard InChI is InChI=1S/C14H14N2OS2/c1-10-7-16-8-12(9-18-14(16)15-10)19-13(17)11-5-3-2-4-6-11/h2-7,12H,8-9H2,1H3. The van der Waals surface area contributed by atoms with E-state index in [0.29, 0.717) is 5.25 Å². The van der Waals surface area contributed by atoms with Crippen LogP contribution in [0.4, 0.5) is 0 Å². The Morgan fingerprint density at radius 1 is 1.42 bits per heavy atom. The number of benzene rings is 1. The average Bonchev–Trinajstić information content (AvgIpc) is 2.79. The van der Waals surface area contributed by atoms with Crippen molar-refractivity contribution < 1.29 is 4.79 Å². The fraction of sp³-hybridized carbons (Fsp3) is 0.286. The van der Waals surface area contributed by atoms with E-state index in [2.05, 4.69) is 15.7 Å². The predicted octanol–water partition coefficient (Wildman–Crippen LogP) is 3.24. The Morgan fingerprint density at radius 3 is 3.00 bits per heavy atom. The molecule has 1 aromatic heterocycles.